The summed E-state index contributed by atoms with van der Waals surface area (Å²) in [6.07, 6.45) is 1.38. The van der Waals surface area contributed by atoms with Gasteiger partial charge in [-0.15, -0.1) is 0 Å². The molecule has 0 amide bonds. The molecule has 2 heterocycles. The van der Waals surface area contributed by atoms with Crippen LogP contribution in [0, 0.1) is 6.92 Å². The molecule has 1 fully saturated rings. The fourth-order valence-electron chi connectivity index (χ4n) is 2.54. The van der Waals surface area contributed by atoms with Crippen LogP contribution in [0.5, 0.6) is 0 Å². The standard InChI is InChI=1S/C14H24N4O2/c1-11-8-12(15-2)17-13(16-11)9-18(3)10-14(19)4-6-20-7-5-14/h8,19H,4-7,9-10H2,1-3H3,(H,15,16,17). The van der Waals surface area contributed by atoms with E-state index in [4.69, 9.17) is 4.74 Å². The normalized spacial score (nSPS) is 18.2. The summed E-state index contributed by atoms with van der Waals surface area (Å²) in [5.74, 6) is 1.60. The van der Waals surface area contributed by atoms with Gasteiger partial charge < -0.3 is 15.2 Å². The number of hydrogen-bond acceptors (Lipinski definition) is 6. The number of nitrogens with one attached hydrogen (secondary N) is 1. The summed E-state index contributed by atoms with van der Waals surface area (Å²) < 4.78 is 5.30. The number of aryl methyl sites for hydroxylation is 1. The fourth-order valence-corrected chi connectivity index (χ4v) is 2.54. The van der Waals surface area contributed by atoms with Crippen molar-refractivity contribution >= 4 is 5.82 Å². The van der Waals surface area contributed by atoms with Crippen molar-refractivity contribution in [2.45, 2.75) is 31.9 Å². The zero-order valence-corrected chi connectivity index (χ0v) is 12.5. The Labute approximate surface area is 120 Å². The van der Waals surface area contributed by atoms with Gasteiger partial charge in [-0.25, -0.2) is 9.97 Å². The number of aromatic nitrogens is 2. The molecule has 20 heavy (non-hydrogen) atoms. The second-order valence-corrected chi connectivity index (χ2v) is 5.57. The lowest BCUT2D eigenvalue weighted by molar-refractivity contribution is -0.0779. The smallest absolute Gasteiger partial charge is 0.144 e. The van der Waals surface area contributed by atoms with Crippen molar-refractivity contribution < 1.29 is 9.84 Å². The van der Waals surface area contributed by atoms with Gasteiger partial charge in [-0.3, -0.25) is 4.90 Å². The molecular weight excluding hydrogens is 256 g/mol. The topological polar surface area (TPSA) is 70.5 Å². The van der Waals surface area contributed by atoms with Crippen molar-refractivity contribution in [2.75, 3.05) is 39.2 Å². The maximum atomic E-state index is 10.5. The van der Waals surface area contributed by atoms with E-state index in [2.05, 4.69) is 20.2 Å². The number of ether oxygens (including phenoxy) is 1. The number of anilines is 1. The highest BCUT2D eigenvalue weighted by atomic mass is 16.5. The van der Waals surface area contributed by atoms with Gasteiger partial charge in [-0.05, 0) is 14.0 Å². The van der Waals surface area contributed by atoms with E-state index in [1.807, 2.05) is 27.1 Å². The van der Waals surface area contributed by atoms with Gasteiger partial charge in [-0.2, -0.15) is 0 Å². The Kier molecular flexibility index (Phi) is 4.91. The molecule has 112 valence electrons. The Morgan fingerprint density at radius 1 is 1.40 bits per heavy atom. The first kappa shape index (κ1) is 15.2. The van der Waals surface area contributed by atoms with Crippen LogP contribution in [0.4, 0.5) is 5.82 Å². The van der Waals surface area contributed by atoms with Gasteiger partial charge in [-0.1, -0.05) is 0 Å². The van der Waals surface area contributed by atoms with Crippen LogP contribution < -0.4 is 5.32 Å². The summed E-state index contributed by atoms with van der Waals surface area (Å²) >= 11 is 0. The van der Waals surface area contributed by atoms with Crippen LogP contribution in [0.25, 0.3) is 0 Å². The zero-order valence-electron chi connectivity index (χ0n) is 12.5. The van der Waals surface area contributed by atoms with Gasteiger partial charge in [0.1, 0.15) is 11.6 Å². The van der Waals surface area contributed by atoms with Crippen LogP contribution in [-0.4, -0.2) is 59.4 Å². The average molecular weight is 280 g/mol. The van der Waals surface area contributed by atoms with E-state index in [0.717, 1.165) is 17.3 Å². The Morgan fingerprint density at radius 2 is 2.10 bits per heavy atom. The molecule has 1 aliphatic rings. The third kappa shape index (κ3) is 4.13. The molecule has 2 rings (SSSR count). The van der Waals surface area contributed by atoms with E-state index >= 15 is 0 Å². The lowest BCUT2D eigenvalue weighted by Gasteiger charge is -2.35. The molecule has 1 saturated heterocycles. The Bertz CT molecular complexity index is 447. The first-order chi connectivity index (χ1) is 9.50. The van der Waals surface area contributed by atoms with Crippen LogP contribution in [0.15, 0.2) is 6.07 Å². The largest absolute Gasteiger partial charge is 0.388 e. The summed E-state index contributed by atoms with van der Waals surface area (Å²) in [6.45, 7) is 4.46. The van der Waals surface area contributed by atoms with E-state index in [1.54, 1.807) is 0 Å². The zero-order chi connectivity index (χ0) is 14.6. The molecule has 6 heteroatoms. The van der Waals surface area contributed by atoms with Gasteiger partial charge >= 0.3 is 0 Å². The maximum Gasteiger partial charge on any atom is 0.144 e. The Balaban J connectivity index is 1.96. The molecule has 0 radical (unpaired) electrons. The number of hydrogen-bond donors (Lipinski definition) is 2. The second kappa shape index (κ2) is 6.47. The summed E-state index contributed by atoms with van der Waals surface area (Å²) in [4.78, 5) is 10.9. The summed E-state index contributed by atoms with van der Waals surface area (Å²) in [6, 6.07) is 1.91. The Hall–Kier alpha value is -1.24. The molecule has 6 nitrogen and oxygen atoms in total. The first-order valence-corrected chi connectivity index (χ1v) is 7.02. The second-order valence-electron chi connectivity index (χ2n) is 5.57. The van der Waals surface area contributed by atoms with Crippen molar-refractivity contribution in [3.05, 3.63) is 17.6 Å². The molecule has 2 N–H and O–H groups in total. The van der Waals surface area contributed by atoms with Crippen LogP contribution in [-0.2, 0) is 11.3 Å². The number of likely N-dealkylation sites (N-methyl/N-ethyl adjacent to an activating group) is 1. The minimum atomic E-state index is -0.650. The first-order valence-electron chi connectivity index (χ1n) is 7.02. The molecule has 0 unspecified atom stereocenters. The van der Waals surface area contributed by atoms with Gasteiger partial charge in [0.15, 0.2) is 0 Å². The van der Waals surface area contributed by atoms with Crippen molar-refractivity contribution in [3.8, 4) is 0 Å². The van der Waals surface area contributed by atoms with Crippen LogP contribution >= 0.6 is 0 Å². The van der Waals surface area contributed by atoms with Crippen molar-refractivity contribution in [1.82, 2.24) is 14.9 Å². The summed E-state index contributed by atoms with van der Waals surface area (Å²) in [5, 5.41) is 13.5. The molecular formula is C14H24N4O2. The third-order valence-electron chi connectivity index (χ3n) is 3.56. The molecule has 0 aromatic carbocycles. The van der Waals surface area contributed by atoms with Crippen LogP contribution in [0.3, 0.4) is 0 Å². The van der Waals surface area contributed by atoms with Gasteiger partial charge in [0, 0.05) is 51.4 Å². The number of aliphatic hydroxyl groups is 1. The Morgan fingerprint density at radius 3 is 2.75 bits per heavy atom. The quantitative estimate of drug-likeness (QED) is 0.831. The number of rotatable bonds is 5. The molecule has 1 aromatic rings. The molecule has 0 bridgehead atoms. The molecule has 0 saturated carbocycles. The van der Waals surface area contributed by atoms with E-state index in [9.17, 15) is 5.11 Å². The highest BCUT2D eigenvalue weighted by Gasteiger charge is 2.31. The van der Waals surface area contributed by atoms with E-state index in [1.165, 1.54) is 0 Å². The predicted octanol–water partition coefficient (Wildman–Crippen LogP) is 0.800. The van der Waals surface area contributed by atoms with E-state index in [0.29, 0.717) is 39.1 Å². The maximum absolute atomic E-state index is 10.5. The molecule has 0 spiro atoms. The predicted molar refractivity (Wildman–Crippen MR) is 77.7 cm³/mol. The SMILES string of the molecule is CNc1cc(C)nc(CN(C)CC2(O)CCOCC2)n1. The van der Waals surface area contributed by atoms with Crippen molar-refractivity contribution in [2.24, 2.45) is 0 Å². The highest BCUT2D eigenvalue weighted by molar-refractivity contribution is 5.34. The minimum absolute atomic E-state index is 0.614. The average Bonchev–Trinajstić information content (AvgIpc) is 2.37. The van der Waals surface area contributed by atoms with Gasteiger partial charge in [0.25, 0.3) is 0 Å². The lowest BCUT2D eigenvalue weighted by atomic mass is 9.94. The third-order valence-corrected chi connectivity index (χ3v) is 3.56. The molecule has 0 atom stereocenters. The van der Waals surface area contributed by atoms with Gasteiger partial charge in [0.05, 0.1) is 12.1 Å². The van der Waals surface area contributed by atoms with Crippen LogP contribution in [0.2, 0.25) is 0 Å². The van der Waals surface area contributed by atoms with Crippen molar-refractivity contribution in [1.29, 1.82) is 0 Å². The molecule has 0 aliphatic carbocycles. The van der Waals surface area contributed by atoms with E-state index < -0.39 is 5.60 Å². The summed E-state index contributed by atoms with van der Waals surface area (Å²) in [7, 11) is 3.83. The highest BCUT2D eigenvalue weighted by Crippen LogP contribution is 2.21. The number of nitrogens with zero attached hydrogens (tertiary/aromatic N) is 3. The summed E-state index contributed by atoms with van der Waals surface area (Å²) in [5.41, 5.74) is 0.292. The van der Waals surface area contributed by atoms with Gasteiger partial charge in [0.2, 0.25) is 0 Å². The fraction of sp³-hybridized carbons (Fsp3) is 0.714. The molecule has 1 aromatic heterocycles. The van der Waals surface area contributed by atoms with E-state index in [-0.39, 0.29) is 0 Å². The van der Waals surface area contributed by atoms with Crippen molar-refractivity contribution in [3.63, 3.8) is 0 Å². The lowest BCUT2D eigenvalue weighted by Crippen LogP contribution is -2.45. The van der Waals surface area contributed by atoms with Crippen LogP contribution in [0.1, 0.15) is 24.4 Å². The molecule has 1 aliphatic heterocycles. The monoisotopic (exact) mass is 280 g/mol. The minimum Gasteiger partial charge on any atom is -0.388 e.